The number of ether oxygens (including phenoxy) is 1. The smallest absolute Gasteiger partial charge is 0.338 e. The molecule has 1 aliphatic rings. The fourth-order valence-electron chi connectivity index (χ4n) is 4.05. The predicted octanol–water partition coefficient (Wildman–Crippen LogP) is 4.35. The Kier molecular flexibility index (Phi) is 8.65. The second kappa shape index (κ2) is 11.7. The van der Waals surface area contributed by atoms with E-state index in [1.165, 1.54) is 0 Å². The zero-order valence-corrected chi connectivity index (χ0v) is 21.1. The van der Waals surface area contributed by atoms with Gasteiger partial charge in [0.15, 0.2) is 0 Å². The van der Waals surface area contributed by atoms with Gasteiger partial charge in [0.25, 0.3) is 5.91 Å². The molecule has 2 amide bonds. The number of esters is 1. The Morgan fingerprint density at radius 3 is 2.34 bits per heavy atom. The Labute approximate surface area is 206 Å². The van der Waals surface area contributed by atoms with Gasteiger partial charge in [-0.2, -0.15) is 0 Å². The first-order valence-corrected chi connectivity index (χ1v) is 11.9. The lowest BCUT2D eigenvalue weighted by Gasteiger charge is -2.22. The average molecular weight is 479 g/mol. The zero-order chi connectivity index (χ0) is 25.5. The van der Waals surface area contributed by atoms with Crippen molar-refractivity contribution in [3.05, 3.63) is 59.3 Å². The van der Waals surface area contributed by atoms with E-state index in [1.807, 2.05) is 45.3 Å². The van der Waals surface area contributed by atoms with E-state index in [1.54, 1.807) is 36.9 Å². The maximum atomic E-state index is 12.8. The Bertz CT molecular complexity index is 1120. The van der Waals surface area contributed by atoms with Gasteiger partial charge < -0.3 is 25.2 Å². The van der Waals surface area contributed by atoms with Gasteiger partial charge in [-0.1, -0.05) is 13.0 Å². The van der Waals surface area contributed by atoms with E-state index < -0.39 is 5.97 Å². The fourth-order valence-corrected chi connectivity index (χ4v) is 4.05. The van der Waals surface area contributed by atoms with Gasteiger partial charge >= 0.3 is 5.97 Å². The van der Waals surface area contributed by atoms with Crippen LogP contribution in [0.2, 0.25) is 0 Å². The highest BCUT2D eigenvalue weighted by Crippen LogP contribution is 2.36. The molecule has 0 atom stereocenters. The van der Waals surface area contributed by atoms with Gasteiger partial charge in [0.05, 0.1) is 23.4 Å². The number of benzene rings is 2. The van der Waals surface area contributed by atoms with Gasteiger partial charge in [-0.3, -0.25) is 9.59 Å². The molecule has 0 saturated heterocycles. The molecule has 2 aromatic rings. The standard InChI is InChI=1S/C27H34N4O4/c1-6-23(25-22-14-9-19(27(34)35-7-2)17-24(22)29-26(25)33)28-20-10-12-21(13-11-20)31(18(3)32)16-8-15-30(4)5/h9-14,17,28H,6-8,15-16H2,1-5H3,(H,29,33)/b25-23+. The first-order valence-electron chi connectivity index (χ1n) is 11.9. The largest absolute Gasteiger partial charge is 0.462 e. The van der Waals surface area contributed by atoms with E-state index in [-0.39, 0.29) is 18.4 Å². The lowest BCUT2D eigenvalue weighted by Crippen LogP contribution is -2.31. The van der Waals surface area contributed by atoms with Crippen LogP contribution in [-0.4, -0.2) is 56.5 Å². The highest BCUT2D eigenvalue weighted by molar-refractivity contribution is 6.32. The summed E-state index contributed by atoms with van der Waals surface area (Å²) >= 11 is 0. The number of carbonyl (C=O) groups excluding carboxylic acids is 3. The van der Waals surface area contributed by atoms with Gasteiger partial charge in [-0.05, 0) is 76.8 Å². The van der Waals surface area contributed by atoms with E-state index in [4.69, 9.17) is 4.74 Å². The summed E-state index contributed by atoms with van der Waals surface area (Å²) in [5.41, 5.74) is 4.71. The van der Waals surface area contributed by atoms with Gasteiger partial charge in [-0.15, -0.1) is 0 Å². The number of fused-ring (bicyclic) bond motifs is 1. The number of anilines is 3. The minimum atomic E-state index is -0.419. The van der Waals surface area contributed by atoms with Crippen LogP contribution in [0.4, 0.5) is 17.1 Å². The van der Waals surface area contributed by atoms with E-state index in [2.05, 4.69) is 15.5 Å². The first kappa shape index (κ1) is 26.0. The van der Waals surface area contributed by atoms with Crippen molar-refractivity contribution in [3.63, 3.8) is 0 Å². The lowest BCUT2D eigenvalue weighted by molar-refractivity contribution is -0.116. The third-order valence-corrected chi connectivity index (χ3v) is 5.77. The zero-order valence-electron chi connectivity index (χ0n) is 21.1. The average Bonchev–Trinajstić information content (AvgIpc) is 3.15. The summed E-state index contributed by atoms with van der Waals surface area (Å²) in [5.74, 6) is -0.634. The SMILES string of the molecule is CCOC(=O)c1ccc2c(c1)NC(=O)/C2=C(\CC)Nc1ccc(N(CCCN(C)C)C(C)=O)cc1. The van der Waals surface area contributed by atoms with Crippen molar-refractivity contribution in [1.82, 2.24) is 4.90 Å². The minimum absolute atomic E-state index is 0.00209. The maximum absolute atomic E-state index is 12.8. The molecule has 1 heterocycles. The highest BCUT2D eigenvalue weighted by atomic mass is 16.5. The molecule has 2 N–H and O–H groups in total. The van der Waals surface area contributed by atoms with Crippen molar-refractivity contribution < 1.29 is 19.1 Å². The molecule has 1 aliphatic heterocycles. The molecule has 0 fully saturated rings. The van der Waals surface area contributed by atoms with Crippen molar-refractivity contribution in [3.8, 4) is 0 Å². The topological polar surface area (TPSA) is 91.0 Å². The van der Waals surface area contributed by atoms with Gasteiger partial charge in [-0.25, -0.2) is 4.79 Å². The second-order valence-electron chi connectivity index (χ2n) is 8.64. The van der Waals surface area contributed by atoms with E-state index in [0.29, 0.717) is 29.8 Å². The second-order valence-corrected chi connectivity index (χ2v) is 8.64. The molecular weight excluding hydrogens is 444 g/mol. The molecule has 0 aromatic heterocycles. The van der Waals surface area contributed by atoms with Crippen molar-refractivity contribution in [2.45, 2.75) is 33.6 Å². The van der Waals surface area contributed by atoms with E-state index >= 15 is 0 Å². The van der Waals surface area contributed by atoms with Crippen LogP contribution in [0.1, 0.15) is 49.5 Å². The van der Waals surface area contributed by atoms with Crippen LogP contribution in [0.5, 0.6) is 0 Å². The summed E-state index contributed by atoms with van der Waals surface area (Å²) in [6.07, 6.45) is 1.48. The molecule has 8 heteroatoms. The summed E-state index contributed by atoms with van der Waals surface area (Å²) in [6, 6.07) is 12.7. The quantitative estimate of drug-likeness (QED) is 0.390. The van der Waals surface area contributed by atoms with Crippen molar-refractivity contribution in [1.29, 1.82) is 0 Å². The number of carbonyl (C=O) groups is 3. The van der Waals surface area contributed by atoms with Crippen LogP contribution in [0, 0.1) is 0 Å². The van der Waals surface area contributed by atoms with Crippen molar-refractivity contribution in [2.24, 2.45) is 0 Å². The third kappa shape index (κ3) is 6.27. The summed E-state index contributed by atoms with van der Waals surface area (Å²) in [7, 11) is 4.03. The number of rotatable bonds is 10. The minimum Gasteiger partial charge on any atom is -0.462 e. The lowest BCUT2D eigenvalue weighted by atomic mass is 10.0. The van der Waals surface area contributed by atoms with Crippen LogP contribution >= 0.6 is 0 Å². The van der Waals surface area contributed by atoms with Crippen LogP contribution in [0.15, 0.2) is 48.2 Å². The summed E-state index contributed by atoms with van der Waals surface area (Å²) in [5, 5.41) is 6.23. The Hall–Kier alpha value is -3.65. The Morgan fingerprint density at radius 1 is 1.03 bits per heavy atom. The highest BCUT2D eigenvalue weighted by Gasteiger charge is 2.28. The number of nitrogens with zero attached hydrogens (tertiary/aromatic N) is 2. The monoisotopic (exact) mass is 478 g/mol. The molecule has 2 aromatic carbocycles. The molecule has 35 heavy (non-hydrogen) atoms. The fraction of sp³-hybridized carbons (Fsp3) is 0.370. The number of allylic oxidation sites excluding steroid dienone is 1. The molecule has 3 rings (SSSR count). The molecular formula is C27H34N4O4. The molecule has 186 valence electrons. The molecule has 0 aliphatic carbocycles. The first-order chi connectivity index (χ1) is 16.7. The number of hydrogen-bond acceptors (Lipinski definition) is 6. The Balaban J connectivity index is 1.82. The van der Waals surface area contributed by atoms with Crippen LogP contribution in [0.25, 0.3) is 5.57 Å². The van der Waals surface area contributed by atoms with Gasteiger partial charge in [0.2, 0.25) is 5.91 Å². The Morgan fingerprint density at radius 2 is 1.74 bits per heavy atom. The van der Waals surface area contributed by atoms with Gasteiger partial charge in [0, 0.05) is 36.1 Å². The molecule has 0 spiro atoms. The van der Waals surface area contributed by atoms with Crippen LogP contribution in [0.3, 0.4) is 0 Å². The molecule has 0 bridgehead atoms. The van der Waals surface area contributed by atoms with Crippen molar-refractivity contribution >= 4 is 40.4 Å². The van der Waals surface area contributed by atoms with Crippen LogP contribution in [-0.2, 0) is 14.3 Å². The van der Waals surface area contributed by atoms with Crippen molar-refractivity contribution in [2.75, 3.05) is 49.3 Å². The molecule has 0 unspecified atom stereocenters. The number of amides is 2. The molecule has 0 radical (unpaired) electrons. The van der Waals surface area contributed by atoms with E-state index in [0.717, 1.165) is 35.6 Å². The number of nitrogens with one attached hydrogen (secondary N) is 2. The van der Waals surface area contributed by atoms with E-state index in [9.17, 15) is 14.4 Å². The maximum Gasteiger partial charge on any atom is 0.338 e. The summed E-state index contributed by atoms with van der Waals surface area (Å²) in [4.78, 5) is 40.9. The normalized spacial score (nSPS) is 13.8. The van der Waals surface area contributed by atoms with Gasteiger partial charge in [0.1, 0.15) is 0 Å². The molecule has 0 saturated carbocycles. The predicted molar refractivity (Wildman–Crippen MR) is 140 cm³/mol. The molecule has 8 nitrogen and oxygen atoms in total. The third-order valence-electron chi connectivity index (χ3n) is 5.77. The summed E-state index contributed by atoms with van der Waals surface area (Å²) in [6.45, 7) is 7.14. The van der Waals surface area contributed by atoms with Crippen LogP contribution < -0.4 is 15.5 Å². The number of hydrogen-bond donors (Lipinski definition) is 2. The summed E-state index contributed by atoms with van der Waals surface area (Å²) < 4.78 is 5.06.